The van der Waals surface area contributed by atoms with Gasteiger partial charge in [-0.3, -0.25) is 5.32 Å². The summed E-state index contributed by atoms with van der Waals surface area (Å²) in [6.45, 7) is 1.93. The van der Waals surface area contributed by atoms with Gasteiger partial charge in [-0.05, 0) is 32.2 Å². The molecule has 17 heavy (non-hydrogen) atoms. The van der Waals surface area contributed by atoms with Crippen molar-refractivity contribution in [3.05, 3.63) is 41.7 Å². The maximum absolute atomic E-state index is 5.93. The minimum absolute atomic E-state index is 0.0491. The summed E-state index contributed by atoms with van der Waals surface area (Å²) in [5, 5.41) is 7.90. The van der Waals surface area contributed by atoms with Gasteiger partial charge in [-0.25, -0.2) is 4.68 Å². The van der Waals surface area contributed by atoms with Crippen molar-refractivity contribution in [2.24, 2.45) is 0 Å². The molecule has 0 radical (unpaired) electrons. The Morgan fingerprint density at radius 2 is 2.29 bits per heavy atom. The van der Waals surface area contributed by atoms with E-state index in [0.29, 0.717) is 10.8 Å². The topological polar surface area (TPSA) is 39.1 Å². The Bertz CT molecular complexity index is 498. The number of hydrogen-bond donors (Lipinski definition) is 1. The molecular formula is C12H14ClN3O. The zero-order valence-electron chi connectivity index (χ0n) is 9.72. The molecule has 1 aromatic carbocycles. The van der Waals surface area contributed by atoms with Crippen molar-refractivity contribution in [3.8, 4) is 11.4 Å². The van der Waals surface area contributed by atoms with Crippen LogP contribution in [-0.4, -0.2) is 23.1 Å². The predicted molar refractivity (Wildman–Crippen MR) is 67.7 cm³/mol. The predicted octanol–water partition coefficient (Wildman–Crippen LogP) is 2.47. The third kappa shape index (κ3) is 2.99. The highest BCUT2D eigenvalue weighted by atomic mass is 35.5. The van der Waals surface area contributed by atoms with E-state index < -0.39 is 0 Å². The van der Waals surface area contributed by atoms with Gasteiger partial charge in [0.1, 0.15) is 6.23 Å². The summed E-state index contributed by atoms with van der Waals surface area (Å²) in [5.74, 6) is 0.715. The van der Waals surface area contributed by atoms with Crippen LogP contribution < -0.4 is 10.1 Å². The van der Waals surface area contributed by atoms with Gasteiger partial charge in [0.25, 0.3) is 0 Å². The van der Waals surface area contributed by atoms with Crippen molar-refractivity contribution < 1.29 is 4.74 Å². The molecule has 0 saturated heterocycles. The van der Waals surface area contributed by atoms with Crippen molar-refractivity contribution in [3.63, 3.8) is 0 Å². The minimum Gasteiger partial charge on any atom is -0.472 e. The quantitative estimate of drug-likeness (QED) is 0.849. The van der Waals surface area contributed by atoms with Crippen LogP contribution in [0.25, 0.3) is 5.69 Å². The number of rotatable bonds is 4. The highest BCUT2D eigenvalue weighted by molar-refractivity contribution is 6.30. The van der Waals surface area contributed by atoms with E-state index in [1.807, 2.05) is 44.4 Å². The van der Waals surface area contributed by atoms with E-state index >= 15 is 0 Å². The van der Waals surface area contributed by atoms with Crippen LogP contribution in [0.1, 0.15) is 6.92 Å². The van der Waals surface area contributed by atoms with E-state index in [0.717, 1.165) is 5.69 Å². The molecule has 0 bridgehead atoms. The molecule has 0 saturated carbocycles. The second-order valence-electron chi connectivity index (χ2n) is 3.65. The zero-order valence-corrected chi connectivity index (χ0v) is 10.5. The fraction of sp³-hybridized carbons (Fsp3) is 0.250. The first-order valence-electron chi connectivity index (χ1n) is 5.33. The Kier molecular flexibility index (Phi) is 3.66. The Balaban J connectivity index is 2.18. The number of halogens is 1. The summed E-state index contributed by atoms with van der Waals surface area (Å²) in [5.41, 5.74) is 0.907. The van der Waals surface area contributed by atoms with Crippen molar-refractivity contribution >= 4 is 11.6 Å². The second kappa shape index (κ2) is 5.21. The third-order valence-corrected chi connectivity index (χ3v) is 2.59. The van der Waals surface area contributed by atoms with Crippen molar-refractivity contribution in [1.29, 1.82) is 0 Å². The number of ether oxygens (including phenoxy) is 1. The lowest BCUT2D eigenvalue weighted by atomic mass is 10.3. The minimum atomic E-state index is -0.0491. The highest BCUT2D eigenvalue weighted by Gasteiger charge is 2.05. The van der Waals surface area contributed by atoms with Crippen LogP contribution in [0, 0.1) is 0 Å². The van der Waals surface area contributed by atoms with Crippen LogP contribution in [0.5, 0.6) is 5.75 Å². The van der Waals surface area contributed by atoms with Crippen LogP contribution in [-0.2, 0) is 0 Å². The second-order valence-corrected chi connectivity index (χ2v) is 4.09. The standard InChI is InChI=1S/C12H14ClN3O/c1-9(14-2)17-12-7-15-16(8-12)11-5-3-4-10(13)6-11/h3-9,14H,1-2H3. The first kappa shape index (κ1) is 12.0. The van der Waals surface area contributed by atoms with Gasteiger partial charge >= 0.3 is 0 Å². The molecule has 1 unspecified atom stereocenters. The lowest BCUT2D eigenvalue weighted by Gasteiger charge is -2.10. The molecule has 0 aliphatic heterocycles. The van der Waals surface area contributed by atoms with Gasteiger partial charge in [-0.1, -0.05) is 17.7 Å². The molecule has 1 aromatic heterocycles. The first-order chi connectivity index (χ1) is 8.19. The highest BCUT2D eigenvalue weighted by Crippen LogP contribution is 2.17. The number of nitrogens with zero attached hydrogens (tertiary/aromatic N) is 2. The maximum atomic E-state index is 5.93. The lowest BCUT2D eigenvalue weighted by molar-refractivity contribution is 0.193. The molecule has 0 amide bonds. The summed E-state index contributed by atoms with van der Waals surface area (Å²) >= 11 is 5.93. The molecule has 90 valence electrons. The Morgan fingerprint density at radius 3 is 3.00 bits per heavy atom. The summed E-state index contributed by atoms with van der Waals surface area (Å²) in [4.78, 5) is 0. The van der Waals surface area contributed by atoms with Gasteiger partial charge in [-0.15, -0.1) is 0 Å². The maximum Gasteiger partial charge on any atom is 0.160 e. The largest absolute Gasteiger partial charge is 0.472 e. The summed E-state index contributed by atoms with van der Waals surface area (Å²) in [6.07, 6.45) is 3.45. The fourth-order valence-electron chi connectivity index (χ4n) is 1.39. The Hall–Kier alpha value is -1.52. The van der Waals surface area contributed by atoms with Crippen molar-refractivity contribution in [2.45, 2.75) is 13.2 Å². The van der Waals surface area contributed by atoms with Crippen LogP contribution in [0.4, 0.5) is 0 Å². The molecule has 4 nitrogen and oxygen atoms in total. The van der Waals surface area contributed by atoms with Crippen molar-refractivity contribution in [1.82, 2.24) is 15.1 Å². The summed E-state index contributed by atoms with van der Waals surface area (Å²) in [6, 6.07) is 7.50. The summed E-state index contributed by atoms with van der Waals surface area (Å²) < 4.78 is 7.29. The van der Waals surface area contributed by atoms with Gasteiger partial charge in [0.05, 0.1) is 18.1 Å². The Morgan fingerprint density at radius 1 is 1.47 bits per heavy atom. The van der Waals surface area contributed by atoms with E-state index in [1.54, 1.807) is 10.9 Å². The van der Waals surface area contributed by atoms with Crippen LogP contribution in [0.3, 0.4) is 0 Å². The molecular weight excluding hydrogens is 238 g/mol. The molecule has 0 spiro atoms. The molecule has 0 aliphatic rings. The van der Waals surface area contributed by atoms with E-state index in [4.69, 9.17) is 16.3 Å². The third-order valence-electron chi connectivity index (χ3n) is 2.35. The number of aromatic nitrogens is 2. The molecule has 1 N–H and O–H groups in total. The fourth-order valence-corrected chi connectivity index (χ4v) is 1.57. The lowest BCUT2D eigenvalue weighted by Crippen LogP contribution is -2.27. The van der Waals surface area contributed by atoms with Crippen LogP contribution in [0.2, 0.25) is 5.02 Å². The van der Waals surface area contributed by atoms with E-state index in [2.05, 4.69) is 10.4 Å². The Labute approximate surface area is 105 Å². The SMILES string of the molecule is CNC(C)Oc1cnn(-c2cccc(Cl)c2)c1. The first-order valence-corrected chi connectivity index (χ1v) is 5.71. The molecule has 1 atom stereocenters. The molecule has 0 fully saturated rings. The van der Waals surface area contributed by atoms with Gasteiger partial charge in [-0.2, -0.15) is 5.10 Å². The van der Waals surface area contributed by atoms with Gasteiger partial charge in [0.2, 0.25) is 0 Å². The molecule has 1 heterocycles. The normalized spacial score (nSPS) is 12.4. The zero-order chi connectivity index (χ0) is 12.3. The molecule has 0 aliphatic carbocycles. The van der Waals surface area contributed by atoms with Crippen LogP contribution in [0.15, 0.2) is 36.7 Å². The van der Waals surface area contributed by atoms with Crippen LogP contribution >= 0.6 is 11.6 Å². The average molecular weight is 252 g/mol. The smallest absolute Gasteiger partial charge is 0.160 e. The molecule has 2 rings (SSSR count). The average Bonchev–Trinajstić information content (AvgIpc) is 2.77. The molecule has 2 aromatic rings. The summed E-state index contributed by atoms with van der Waals surface area (Å²) in [7, 11) is 1.84. The monoisotopic (exact) mass is 251 g/mol. The number of nitrogens with one attached hydrogen (secondary N) is 1. The van der Waals surface area contributed by atoms with Crippen molar-refractivity contribution in [2.75, 3.05) is 7.05 Å². The van der Waals surface area contributed by atoms with E-state index in [1.165, 1.54) is 0 Å². The van der Waals surface area contributed by atoms with Gasteiger partial charge in [0.15, 0.2) is 5.75 Å². The van der Waals surface area contributed by atoms with E-state index in [-0.39, 0.29) is 6.23 Å². The van der Waals surface area contributed by atoms with Gasteiger partial charge in [0, 0.05) is 5.02 Å². The number of hydrogen-bond acceptors (Lipinski definition) is 3. The van der Waals surface area contributed by atoms with E-state index in [9.17, 15) is 0 Å². The van der Waals surface area contributed by atoms with Gasteiger partial charge < -0.3 is 4.74 Å². The molecule has 5 heteroatoms. The number of benzene rings is 1.